The van der Waals surface area contributed by atoms with Crippen LogP contribution in [0.4, 0.5) is 37.8 Å². The number of pyridine rings is 2. The minimum absolute atomic E-state index is 0.0249. The van der Waals surface area contributed by atoms with Gasteiger partial charge in [0.05, 0.1) is 19.3 Å². The summed E-state index contributed by atoms with van der Waals surface area (Å²) in [4.78, 5) is 21.2. The predicted molar refractivity (Wildman–Crippen MR) is 138 cm³/mol. The Morgan fingerprint density at radius 3 is 2.39 bits per heavy atom. The number of rotatable bonds is 10. The predicted octanol–water partition coefficient (Wildman–Crippen LogP) is 5.44. The van der Waals surface area contributed by atoms with Gasteiger partial charge in [0, 0.05) is 42.3 Å². The third kappa shape index (κ3) is 6.70. The van der Waals surface area contributed by atoms with Crippen molar-refractivity contribution in [2.75, 3.05) is 30.9 Å². The van der Waals surface area contributed by atoms with Crippen molar-refractivity contribution in [3.63, 3.8) is 0 Å². The van der Waals surface area contributed by atoms with Gasteiger partial charge in [-0.05, 0) is 55.3 Å². The molecule has 3 aromatic rings. The highest BCUT2D eigenvalue weighted by Crippen LogP contribution is 2.53. The number of amides is 1. The number of carbonyl (C=O) groups is 1. The van der Waals surface area contributed by atoms with Crippen molar-refractivity contribution in [2.24, 2.45) is 0 Å². The molecule has 0 saturated carbocycles. The molecule has 1 atom stereocenters. The number of halogens is 6. The number of hydrogen-bond acceptors (Lipinski definition) is 7. The molecule has 2 aromatic heterocycles. The molecule has 4 rings (SSSR count). The van der Waals surface area contributed by atoms with Crippen LogP contribution in [0.1, 0.15) is 34.3 Å². The summed E-state index contributed by atoms with van der Waals surface area (Å²) in [6, 6.07) is 9.00. The maximum atomic E-state index is 14.1. The lowest BCUT2D eigenvalue weighted by Crippen LogP contribution is -2.57. The first-order valence-electron chi connectivity index (χ1n) is 12.5. The molecule has 3 heterocycles. The number of nitrogens with zero attached hydrogens (tertiary/aromatic N) is 2. The van der Waals surface area contributed by atoms with Gasteiger partial charge in [0.15, 0.2) is 0 Å². The molecular formula is C27H27F6N5O3. The average Bonchev–Trinajstić information content (AvgIpc) is 3.45. The molecule has 8 nitrogen and oxygen atoms in total. The van der Waals surface area contributed by atoms with Crippen LogP contribution in [-0.2, 0) is 16.9 Å². The van der Waals surface area contributed by atoms with E-state index < -0.39 is 42.1 Å². The Balaban J connectivity index is 1.52. The number of aromatic nitrogens is 2. The van der Waals surface area contributed by atoms with Crippen LogP contribution in [-0.4, -0.2) is 54.5 Å². The zero-order chi connectivity index (χ0) is 29.7. The molecule has 220 valence electrons. The second-order valence-corrected chi connectivity index (χ2v) is 9.27. The Morgan fingerprint density at radius 1 is 1.02 bits per heavy atom. The maximum absolute atomic E-state index is 14.1. The number of benzene rings is 1. The van der Waals surface area contributed by atoms with E-state index in [1.165, 1.54) is 25.4 Å². The largest absolute Gasteiger partial charge is 0.481 e. The van der Waals surface area contributed by atoms with Gasteiger partial charge >= 0.3 is 12.4 Å². The van der Waals surface area contributed by atoms with Crippen LogP contribution >= 0.6 is 0 Å². The molecule has 0 aliphatic carbocycles. The van der Waals surface area contributed by atoms with Crippen LogP contribution in [0.2, 0.25) is 0 Å². The minimum Gasteiger partial charge on any atom is -0.481 e. The zero-order valence-corrected chi connectivity index (χ0v) is 21.8. The molecule has 0 spiro atoms. The van der Waals surface area contributed by atoms with Crippen LogP contribution in [0.15, 0.2) is 60.9 Å². The van der Waals surface area contributed by atoms with Gasteiger partial charge in [-0.15, -0.1) is 0 Å². The van der Waals surface area contributed by atoms with Crippen LogP contribution in [0.3, 0.4) is 0 Å². The first kappa shape index (κ1) is 30.1. The van der Waals surface area contributed by atoms with Crippen molar-refractivity contribution in [2.45, 2.75) is 43.4 Å². The van der Waals surface area contributed by atoms with Gasteiger partial charge < -0.3 is 25.4 Å². The van der Waals surface area contributed by atoms with E-state index >= 15 is 0 Å². The summed E-state index contributed by atoms with van der Waals surface area (Å²) in [7, 11) is 1.47. The standard InChI is InChI=1S/C27H27F6N5O3/c1-40-22-14-17(10-13-35-22)15-37-23-21(5-3-12-36-23)24(39)38-19-8-6-18(7-9-19)25(26(28,29)30,27(31,32)33)41-16-20-4-2-11-34-20/h3,5-10,12-14,20,34H,2,4,11,15-16H2,1H3,(H,36,37)(H,38,39). The third-order valence-electron chi connectivity index (χ3n) is 6.53. The molecule has 1 amide bonds. The summed E-state index contributed by atoms with van der Waals surface area (Å²) in [6.45, 7) is -0.0289. The molecule has 3 N–H and O–H groups in total. The van der Waals surface area contributed by atoms with Crippen LogP contribution in [0.25, 0.3) is 0 Å². The zero-order valence-electron chi connectivity index (χ0n) is 21.8. The van der Waals surface area contributed by atoms with E-state index in [2.05, 4.69) is 30.7 Å². The molecule has 0 bridgehead atoms. The van der Waals surface area contributed by atoms with Crippen LogP contribution in [0.5, 0.6) is 5.88 Å². The summed E-state index contributed by atoms with van der Waals surface area (Å²) >= 11 is 0. The number of anilines is 2. The molecule has 1 aliphatic rings. The summed E-state index contributed by atoms with van der Waals surface area (Å²) in [5.74, 6) is -0.0750. The first-order chi connectivity index (χ1) is 19.4. The van der Waals surface area contributed by atoms with E-state index in [0.29, 0.717) is 37.4 Å². The highest BCUT2D eigenvalue weighted by atomic mass is 19.4. The van der Waals surface area contributed by atoms with Crippen molar-refractivity contribution in [3.8, 4) is 5.88 Å². The Morgan fingerprint density at radius 2 is 1.76 bits per heavy atom. The van der Waals surface area contributed by atoms with E-state index in [1.807, 2.05) is 0 Å². The van der Waals surface area contributed by atoms with E-state index in [0.717, 1.165) is 17.7 Å². The van der Waals surface area contributed by atoms with Crippen molar-refractivity contribution in [1.82, 2.24) is 15.3 Å². The number of hydrogen-bond donors (Lipinski definition) is 3. The first-order valence-corrected chi connectivity index (χ1v) is 12.5. The van der Waals surface area contributed by atoms with E-state index in [-0.39, 0.29) is 23.6 Å². The number of carbonyl (C=O) groups excluding carboxylic acids is 1. The Bertz CT molecular complexity index is 1310. The van der Waals surface area contributed by atoms with Gasteiger partial charge in [0.2, 0.25) is 5.88 Å². The molecule has 1 aliphatic heterocycles. The lowest BCUT2D eigenvalue weighted by molar-refractivity contribution is -0.390. The highest BCUT2D eigenvalue weighted by molar-refractivity contribution is 6.07. The second-order valence-electron chi connectivity index (χ2n) is 9.27. The smallest absolute Gasteiger partial charge is 0.430 e. The van der Waals surface area contributed by atoms with Crippen molar-refractivity contribution < 1.29 is 40.6 Å². The Labute approximate surface area is 231 Å². The van der Waals surface area contributed by atoms with Gasteiger partial charge in [-0.25, -0.2) is 9.97 Å². The number of alkyl halides is 6. The van der Waals surface area contributed by atoms with Crippen molar-refractivity contribution in [1.29, 1.82) is 0 Å². The van der Waals surface area contributed by atoms with E-state index in [1.54, 1.807) is 18.3 Å². The molecule has 1 fully saturated rings. The normalized spacial score (nSPS) is 15.9. The molecule has 14 heteroatoms. The summed E-state index contributed by atoms with van der Waals surface area (Å²) < 4.78 is 94.3. The molecule has 1 aromatic carbocycles. The number of ether oxygens (including phenoxy) is 2. The molecule has 1 saturated heterocycles. The van der Waals surface area contributed by atoms with Crippen LogP contribution in [0, 0.1) is 0 Å². The van der Waals surface area contributed by atoms with Gasteiger partial charge in [-0.3, -0.25) is 4.79 Å². The monoisotopic (exact) mass is 583 g/mol. The minimum atomic E-state index is -5.80. The number of nitrogens with one attached hydrogen (secondary N) is 3. The second kappa shape index (κ2) is 12.3. The molecule has 41 heavy (non-hydrogen) atoms. The van der Waals surface area contributed by atoms with Gasteiger partial charge in [0.1, 0.15) is 5.82 Å². The fourth-order valence-corrected chi connectivity index (χ4v) is 4.43. The lowest BCUT2D eigenvalue weighted by atomic mass is 9.91. The number of methoxy groups -OCH3 is 1. The van der Waals surface area contributed by atoms with Crippen molar-refractivity contribution in [3.05, 3.63) is 77.6 Å². The fourth-order valence-electron chi connectivity index (χ4n) is 4.43. The topological polar surface area (TPSA) is 97.4 Å². The SMILES string of the molecule is COc1cc(CNc2ncccc2C(=O)Nc2ccc(C(OCC3CCCN3)(C(F)(F)F)C(F)(F)F)cc2)ccn1. The van der Waals surface area contributed by atoms with E-state index in [4.69, 9.17) is 4.74 Å². The van der Waals surface area contributed by atoms with Gasteiger partial charge in [-0.1, -0.05) is 12.1 Å². The average molecular weight is 584 g/mol. The third-order valence-corrected chi connectivity index (χ3v) is 6.53. The van der Waals surface area contributed by atoms with E-state index in [9.17, 15) is 31.1 Å². The molecular weight excluding hydrogens is 556 g/mol. The summed E-state index contributed by atoms with van der Waals surface area (Å²) in [6.07, 6.45) is -7.57. The summed E-state index contributed by atoms with van der Waals surface area (Å²) in [5, 5.41) is 8.34. The fraction of sp³-hybridized carbons (Fsp3) is 0.370. The lowest BCUT2D eigenvalue weighted by Gasteiger charge is -2.38. The summed E-state index contributed by atoms with van der Waals surface area (Å²) in [5.41, 5.74) is -4.82. The maximum Gasteiger partial charge on any atom is 0.430 e. The highest BCUT2D eigenvalue weighted by Gasteiger charge is 2.73. The van der Waals surface area contributed by atoms with Gasteiger partial charge in [-0.2, -0.15) is 26.3 Å². The Kier molecular flexibility index (Phi) is 9.02. The molecule has 1 unspecified atom stereocenters. The van der Waals surface area contributed by atoms with Crippen LogP contribution < -0.4 is 20.7 Å². The van der Waals surface area contributed by atoms with Gasteiger partial charge in [0.25, 0.3) is 11.5 Å². The quantitative estimate of drug-likeness (QED) is 0.274. The Hall–Kier alpha value is -3.91. The van der Waals surface area contributed by atoms with Crippen molar-refractivity contribution >= 4 is 17.4 Å². The molecule has 0 radical (unpaired) electrons.